The van der Waals surface area contributed by atoms with E-state index in [1.807, 2.05) is 32.0 Å². The van der Waals surface area contributed by atoms with Crippen LogP contribution in [0, 0.1) is 12.8 Å². The Labute approximate surface area is 115 Å². The van der Waals surface area contributed by atoms with Gasteiger partial charge in [0, 0.05) is 6.61 Å². The van der Waals surface area contributed by atoms with Crippen molar-refractivity contribution in [3.8, 4) is 5.75 Å². The van der Waals surface area contributed by atoms with Crippen LogP contribution in [-0.4, -0.2) is 24.9 Å². The number of aliphatic hydroxyl groups is 1. The zero-order valence-electron chi connectivity index (χ0n) is 12.1. The number of hydrogen-bond acceptors (Lipinski definition) is 3. The van der Waals surface area contributed by atoms with Crippen molar-refractivity contribution in [3.05, 3.63) is 29.3 Å². The van der Waals surface area contributed by atoms with Gasteiger partial charge >= 0.3 is 0 Å². The summed E-state index contributed by atoms with van der Waals surface area (Å²) in [6, 6.07) is 5.90. The van der Waals surface area contributed by atoms with E-state index in [4.69, 9.17) is 9.47 Å². The van der Waals surface area contributed by atoms with Crippen LogP contribution in [0.5, 0.6) is 5.75 Å². The van der Waals surface area contributed by atoms with Crippen LogP contribution in [0.3, 0.4) is 0 Å². The van der Waals surface area contributed by atoms with E-state index in [2.05, 4.69) is 0 Å². The van der Waals surface area contributed by atoms with E-state index in [0.29, 0.717) is 12.0 Å². The largest absolute Gasteiger partial charge is 0.496 e. The van der Waals surface area contributed by atoms with Crippen LogP contribution < -0.4 is 4.74 Å². The van der Waals surface area contributed by atoms with E-state index in [1.165, 1.54) is 0 Å². The van der Waals surface area contributed by atoms with Crippen LogP contribution in [-0.2, 0) is 4.74 Å². The van der Waals surface area contributed by atoms with Gasteiger partial charge in [0.2, 0.25) is 0 Å². The summed E-state index contributed by atoms with van der Waals surface area (Å²) in [5.74, 6) is 1.46. The first-order chi connectivity index (χ1) is 9.13. The Kier molecular flexibility index (Phi) is 4.83. The minimum atomic E-state index is -0.378. The Balaban J connectivity index is 1.87. The summed E-state index contributed by atoms with van der Waals surface area (Å²) in [5, 5.41) is 10.3. The Morgan fingerprint density at radius 1 is 1.37 bits per heavy atom. The molecule has 0 aliphatic heterocycles. The lowest BCUT2D eigenvalue weighted by atomic mass is 9.78. The Morgan fingerprint density at radius 2 is 2.11 bits per heavy atom. The highest BCUT2D eigenvalue weighted by Crippen LogP contribution is 2.37. The summed E-state index contributed by atoms with van der Waals surface area (Å²) in [4.78, 5) is 0. The smallest absolute Gasteiger partial charge is 0.121 e. The van der Waals surface area contributed by atoms with Crippen LogP contribution in [0.4, 0.5) is 0 Å². The summed E-state index contributed by atoms with van der Waals surface area (Å²) in [6.45, 7) is 4.82. The highest BCUT2D eigenvalue weighted by molar-refractivity contribution is 5.37. The lowest BCUT2D eigenvalue weighted by molar-refractivity contribution is -0.0380. The summed E-state index contributed by atoms with van der Waals surface area (Å²) < 4.78 is 10.8. The molecule has 1 aromatic rings. The maximum Gasteiger partial charge on any atom is 0.121 e. The van der Waals surface area contributed by atoms with Crippen LogP contribution in [0.1, 0.15) is 43.4 Å². The minimum absolute atomic E-state index is 0.378. The van der Waals surface area contributed by atoms with Gasteiger partial charge in [0.15, 0.2) is 0 Å². The molecule has 106 valence electrons. The third-order valence-corrected chi connectivity index (χ3v) is 3.96. The molecule has 0 radical (unpaired) electrons. The van der Waals surface area contributed by atoms with Gasteiger partial charge in [0.1, 0.15) is 5.75 Å². The molecule has 1 aromatic carbocycles. The highest BCUT2D eigenvalue weighted by atomic mass is 16.5. The molecule has 0 bridgehead atoms. The molecule has 0 heterocycles. The second-order valence-corrected chi connectivity index (χ2v) is 5.40. The molecule has 1 fully saturated rings. The molecular formula is C16H24O3. The fraction of sp³-hybridized carbons (Fsp3) is 0.625. The maximum absolute atomic E-state index is 10.3. The monoisotopic (exact) mass is 264 g/mol. The molecule has 19 heavy (non-hydrogen) atoms. The molecule has 1 unspecified atom stereocenters. The second kappa shape index (κ2) is 6.40. The second-order valence-electron chi connectivity index (χ2n) is 5.40. The number of rotatable bonds is 6. The third kappa shape index (κ3) is 3.48. The van der Waals surface area contributed by atoms with Gasteiger partial charge in [-0.3, -0.25) is 0 Å². The van der Waals surface area contributed by atoms with Gasteiger partial charge in [-0.15, -0.1) is 0 Å². The SMILES string of the molecule is CCOC1CC(CC(O)c2ccc(OC)c(C)c2)C1. The van der Waals surface area contributed by atoms with E-state index in [-0.39, 0.29) is 6.10 Å². The first-order valence-electron chi connectivity index (χ1n) is 7.08. The summed E-state index contributed by atoms with van der Waals surface area (Å²) in [7, 11) is 1.67. The quantitative estimate of drug-likeness (QED) is 0.857. The van der Waals surface area contributed by atoms with Crippen LogP contribution in [0.2, 0.25) is 0 Å². The standard InChI is InChI=1S/C16H24O3/c1-4-19-14-8-12(9-14)10-15(17)13-5-6-16(18-3)11(2)7-13/h5-7,12,14-15,17H,4,8-10H2,1-3H3. The molecule has 3 nitrogen and oxygen atoms in total. The first-order valence-corrected chi connectivity index (χ1v) is 7.08. The van der Waals surface area contributed by atoms with E-state index >= 15 is 0 Å². The van der Waals surface area contributed by atoms with Crippen LogP contribution in [0.25, 0.3) is 0 Å². The number of aryl methyl sites for hydroxylation is 1. The fourth-order valence-corrected chi connectivity index (χ4v) is 2.80. The van der Waals surface area contributed by atoms with E-state index in [9.17, 15) is 5.11 Å². The normalized spacial score (nSPS) is 23.8. The molecular weight excluding hydrogens is 240 g/mol. The molecule has 1 saturated carbocycles. The van der Waals surface area contributed by atoms with E-state index < -0.39 is 0 Å². The average Bonchev–Trinajstić information content (AvgIpc) is 2.36. The van der Waals surface area contributed by atoms with Crippen LogP contribution in [0.15, 0.2) is 18.2 Å². The molecule has 0 spiro atoms. The molecule has 1 N–H and O–H groups in total. The van der Waals surface area contributed by atoms with Crippen molar-refractivity contribution in [2.24, 2.45) is 5.92 Å². The number of aliphatic hydroxyl groups excluding tert-OH is 1. The highest BCUT2D eigenvalue weighted by Gasteiger charge is 2.31. The third-order valence-electron chi connectivity index (χ3n) is 3.96. The fourth-order valence-electron chi connectivity index (χ4n) is 2.80. The lowest BCUT2D eigenvalue weighted by Crippen LogP contribution is -2.32. The van der Waals surface area contributed by atoms with Gasteiger partial charge in [0.25, 0.3) is 0 Å². The molecule has 0 amide bonds. The lowest BCUT2D eigenvalue weighted by Gasteiger charge is -2.36. The summed E-state index contributed by atoms with van der Waals surface area (Å²) in [5.41, 5.74) is 2.05. The summed E-state index contributed by atoms with van der Waals surface area (Å²) in [6.07, 6.45) is 3.03. The van der Waals surface area contributed by atoms with Crippen molar-refractivity contribution < 1.29 is 14.6 Å². The van der Waals surface area contributed by atoms with Gasteiger partial charge < -0.3 is 14.6 Å². The molecule has 1 aliphatic rings. The zero-order chi connectivity index (χ0) is 13.8. The van der Waals surface area contributed by atoms with Crippen LogP contribution >= 0.6 is 0 Å². The summed E-state index contributed by atoms with van der Waals surface area (Å²) >= 11 is 0. The van der Waals surface area contributed by atoms with E-state index in [1.54, 1.807) is 7.11 Å². The Hall–Kier alpha value is -1.06. The predicted molar refractivity (Wildman–Crippen MR) is 75.4 cm³/mol. The van der Waals surface area contributed by atoms with Crippen molar-refractivity contribution in [3.63, 3.8) is 0 Å². The van der Waals surface area contributed by atoms with Gasteiger partial charge in [-0.2, -0.15) is 0 Å². The van der Waals surface area contributed by atoms with Crippen molar-refractivity contribution >= 4 is 0 Å². The Morgan fingerprint density at radius 3 is 2.68 bits per heavy atom. The average molecular weight is 264 g/mol. The van der Waals surface area contributed by atoms with Crippen molar-refractivity contribution in [1.82, 2.24) is 0 Å². The maximum atomic E-state index is 10.3. The molecule has 2 rings (SSSR count). The minimum Gasteiger partial charge on any atom is -0.496 e. The molecule has 1 aliphatic carbocycles. The zero-order valence-corrected chi connectivity index (χ0v) is 12.1. The van der Waals surface area contributed by atoms with Gasteiger partial charge in [-0.25, -0.2) is 0 Å². The Bertz CT molecular complexity index is 410. The molecule has 0 saturated heterocycles. The number of hydrogen-bond donors (Lipinski definition) is 1. The van der Waals surface area contributed by atoms with Gasteiger partial charge in [-0.05, 0) is 62.3 Å². The topological polar surface area (TPSA) is 38.7 Å². The predicted octanol–water partition coefficient (Wildman–Crippen LogP) is 3.24. The van der Waals surface area contributed by atoms with Crippen molar-refractivity contribution in [2.75, 3.05) is 13.7 Å². The number of methoxy groups -OCH3 is 1. The first kappa shape index (κ1) is 14.4. The molecule has 1 atom stereocenters. The van der Waals surface area contributed by atoms with Gasteiger partial charge in [0.05, 0.1) is 19.3 Å². The van der Waals surface area contributed by atoms with Crippen molar-refractivity contribution in [2.45, 2.75) is 45.3 Å². The number of benzene rings is 1. The molecule has 3 heteroatoms. The molecule has 0 aromatic heterocycles. The van der Waals surface area contributed by atoms with Crippen molar-refractivity contribution in [1.29, 1.82) is 0 Å². The number of ether oxygens (including phenoxy) is 2. The van der Waals surface area contributed by atoms with Gasteiger partial charge in [-0.1, -0.05) is 6.07 Å². The van der Waals surface area contributed by atoms with E-state index in [0.717, 1.165) is 42.7 Å².